The Bertz CT molecular complexity index is 574. The molecule has 1 aromatic rings. The maximum Gasteiger partial charge on any atom is 0.287 e. The number of amides is 1. The second kappa shape index (κ2) is 5.85. The van der Waals surface area contributed by atoms with Gasteiger partial charge in [0.15, 0.2) is 10.4 Å². The van der Waals surface area contributed by atoms with E-state index >= 15 is 0 Å². The third-order valence-electron chi connectivity index (χ3n) is 2.30. The van der Waals surface area contributed by atoms with E-state index in [1.165, 1.54) is 0 Å². The van der Waals surface area contributed by atoms with Crippen LogP contribution in [0.4, 0.5) is 0 Å². The summed E-state index contributed by atoms with van der Waals surface area (Å²) >= 11 is 2.91. The van der Waals surface area contributed by atoms with Crippen molar-refractivity contribution in [2.75, 3.05) is 6.54 Å². The van der Waals surface area contributed by atoms with Crippen molar-refractivity contribution in [2.24, 2.45) is 5.41 Å². The molecule has 0 radical (unpaired) electrons. The van der Waals surface area contributed by atoms with Crippen molar-refractivity contribution in [3.8, 4) is 0 Å². The molecule has 0 aliphatic heterocycles. The average molecular weight is 373 g/mol. The molecule has 108 valence electrons. The first-order valence-electron chi connectivity index (χ1n) is 5.53. The number of halogens is 2. The molecule has 0 aromatic carbocycles. The normalized spacial score (nSPS) is 12.5. The number of carbonyl (C=O) groups excluding carboxylic acids is 1. The Morgan fingerprint density at radius 3 is 2.47 bits per heavy atom. The highest BCUT2D eigenvalue weighted by atomic mass is 79.9. The van der Waals surface area contributed by atoms with Gasteiger partial charge in [0.05, 0.1) is 0 Å². The van der Waals surface area contributed by atoms with Gasteiger partial charge in [0.1, 0.15) is 4.90 Å². The number of hydrogen-bond acceptors (Lipinski definition) is 4. The molecule has 0 bridgehead atoms. The molecular formula is C11H15BrClNO4S. The van der Waals surface area contributed by atoms with Gasteiger partial charge >= 0.3 is 0 Å². The predicted molar refractivity (Wildman–Crippen MR) is 75.9 cm³/mol. The highest BCUT2D eigenvalue weighted by Gasteiger charge is 2.23. The van der Waals surface area contributed by atoms with Crippen molar-refractivity contribution in [1.29, 1.82) is 0 Å². The van der Waals surface area contributed by atoms with Gasteiger partial charge in [-0.3, -0.25) is 4.79 Å². The fraction of sp³-hybridized carbons (Fsp3) is 0.545. The van der Waals surface area contributed by atoms with Gasteiger partial charge in [-0.25, -0.2) is 8.42 Å². The van der Waals surface area contributed by atoms with Gasteiger partial charge in [-0.15, -0.1) is 0 Å². The van der Waals surface area contributed by atoms with Gasteiger partial charge < -0.3 is 9.73 Å². The van der Waals surface area contributed by atoms with Gasteiger partial charge in [0.2, 0.25) is 0 Å². The lowest BCUT2D eigenvalue weighted by Gasteiger charge is -2.17. The molecule has 0 saturated heterocycles. The number of rotatable bonds is 4. The van der Waals surface area contributed by atoms with Crippen LogP contribution in [0.15, 0.2) is 20.0 Å². The van der Waals surface area contributed by atoms with E-state index in [4.69, 9.17) is 15.1 Å². The van der Waals surface area contributed by atoms with Crippen molar-refractivity contribution in [2.45, 2.75) is 32.1 Å². The van der Waals surface area contributed by atoms with Crippen LogP contribution in [-0.4, -0.2) is 20.9 Å². The fourth-order valence-electron chi connectivity index (χ4n) is 1.27. The van der Waals surface area contributed by atoms with Crippen LogP contribution in [0.3, 0.4) is 0 Å². The van der Waals surface area contributed by atoms with Crippen molar-refractivity contribution in [1.82, 2.24) is 5.32 Å². The minimum Gasteiger partial charge on any atom is -0.443 e. The summed E-state index contributed by atoms with van der Waals surface area (Å²) in [4.78, 5) is 11.5. The van der Waals surface area contributed by atoms with E-state index in [2.05, 4.69) is 42.0 Å². The maximum atomic E-state index is 11.8. The average Bonchev–Trinajstić information content (AvgIpc) is 2.57. The Kier molecular flexibility index (Phi) is 5.08. The van der Waals surface area contributed by atoms with Crippen LogP contribution >= 0.6 is 26.6 Å². The molecular weight excluding hydrogens is 358 g/mol. The fourth-order valence-corrected chi connectivity index (χ4v) is 3.30. The molecule has 1 N–H and O–H groups in total. The number of nitrogens with one attached hydrogen (secondary N) is 1. The van der Waals surface area contributed by atoms with E-state index in [0.29, 0.717) is 6.54 Å². The van der Waals surface area contributed by atoms with Crippen LogP contribution in [-0.2, 0) is 9.05 Å². The zero-order valence-electron chi connectivity index (χ0n) is 10.8. The van der Waals surface area contributed by atoms with Gasteiger partial charge in [-0.05, 0) is 27.8 Å². The standard InChI is InChI=1S/C11H15BrClNO4S/c1-11(2,3)4-5-14-10(15)7-6-8(9(12)18-7)19(13,16)17/h6H,4-5H2,1-3H3,(H,14,15). The molecule has 5 nitrogen and oxygen atoms in total. The lowest BCUT2D eigenvalue weighted by Crippen LogP contribution is -2.26. The molecule has 0 aliphatic rings. The van der Waals surface area contributed by atoms with Crippen LogP contribution in [0.25, 0.3) is 0 Å². The Labute approximate surface area is 125 Å². The topological polar surface area (TPSA) is 76.4 Å². The Hall–Kier alpha value is -0.530. The summed E-state index contributed by atoms with van der Waals surface area (Å²) in [6.07, 6.45) is 0.793. The molecule has 1 amide bonds. The zero-order chi connectivity index (χ0) is 14.8. The van der Waals surface area contributed by atoms with E-state index in [1.54, 1.807) is 0 Å². The van der Waals surface area contributed by atoms with Gasteiger partial charge in [-0.2, -0.15) is 0 Å². The maximum absolute atomic E-state index is 11.8. The van der Waals surface area contributed by atoms with Gasteiger partial charge in [0.25, 0.3) is 15.0 Å². The first kappa shape index (κ1) is 16.5. The van der Waals surface area contributed by atoms with Crippen molar-refractivity contribution in [3.05, 3.63) is 16.5 Å². The van der Waals surface area contributed by atoms with Crippen LogP contribution in [0.5, 0.6) is 0 Å². The largest absolute Gasteiger partial charge is 0.443 e. The summed E-state index contributed by atoms with van der Waals surface area (Å²) in [6, 6.07) is 1.10. The molecule has 0 spiro atoms. The molecule has 1 aromatic heterocycles. The summed E-state index contributed by atoms with van der Waals surface area (Å²) < 4.78 is 27.3. The lowest BCUT2D eigenvalue weighted by atomic mass is 9.92. The van der Waals surface area contributed by atoms with E-state index in [-0.39, 0.29) is 20.7 Å². The Morgan fingerprint density at radius 2 is 2.05 bits per heavy atom. The molecule has 0 saturated carbocycles. The van der Waals surface area contributed by atoms with Crippen molar-refractivity contribution >= 4 is 41.6 Å². The predicted octanol–water partition coefficient (Wildman–Crippen LogP) is 3.14. The first-order valence-corrected chi connectivity index (χ1v) is 8.63. The highest BCUT2D eigenvalue weighted by Crippen LogP contribution is 2.28. The van der Waals surface area contributed by atoms with E-state index < -0.39 is 15.0 Å². The van der Waals surface area contributed by atoms with E-state index in [1.807, 2.05) is 0 Å². The van der Waals surface area contributed by atoms with Gasteiger partial charge in [0, 0.05) is 23.3 Å². The van der Waals surface area contributed by atoms with Crippen LogP contribution < -0.4 is 5.32 Å². The number of carbonyl (C=O) groups is 1. The molecule has 0 atom stereocenters. The first-order chi connectivity index (χ1) is 8.50. The smallest absolute Gasteiger partial charge is 0.287 e. The molecule has 1 rings (SSSR count). The molecule has 19 heavy (non-hydrogen) atoms. The quantitative estimate of drug-likeness (QED) is 0.824. The van der Waals surface area contributed by atoms with Crippen LogP contribution in [0.1, 0.15) is 37.7 Å². The summed E-state index contributed by atoms with van der Waals surface area (Å²) in [5.74, 6) is -0.573. The summed E-state index contributed by atoms with van der Waals surface area (Å²) in [7, 11) is 1.26. The minimum absolute atomic E-state index is 0.0801. The minimum atomic E-state index is -3.94. The molecule has 8 heteroatoms. The lowest BCUT2D eigenvalue weighted by molar-refractivity contribution is 0.0920. The monoisotopic (exact) mass is 371 g/mol. The second-order valence-electron chi connectivity index (χ2n) is 5.25. The summed E-state index contributed by atoms with van der Waals surface area (Å²) in [5.41, 5.74) is 0.0989. The van der Waals surface area contributed by atoms with Crippen molar-refractivity contribution in [3.63, 3.8) is 0 Å². The molecule has 1 heterocycles. The van der Waals surface area contributed by atoms with E-state index in [9.17, 15) is 13.2 Å². The zero-order valence-corrected chi connectivity index (χ0v) is 13.9. The third-order valence-corrected chi connectivity index (χ3v) is 4.48. The molecule has 0 unspecified atom stereocenters. The Balaban J connectivity index is 2.74. The number of furan rings is 1. The Morgan fingerprint density at radius 1 is 1.47 bits per heavy atom. The number of hydrogen-bond donors (Lipinski definition) is 1. The summed E-state index contributed by atoms with van der Waals surface area (Å²) in [6.45, 7) is 6.64. The third kappa shape index (κ3) is 5.16. The SMILES string of the molecule is CC(C)(C)CCNC(=O)c1cc(S(=O)(=O)Cl)c(Br)o1. The molecule has 0 fully saturated rings. The second-order valence-corrected chi connectivity index (χ2v) is 8.51. The summed E-state index contributed by atoms with van der Waals surface area (Å²) in [5, 5.41) is 2.66. The highest BCUT2D eigenvalue weighted by molar-refractivity contribution is 9.10. The van der Waals surface area contributed by atoms with Gasteiger partial charge in [-0.1, -0.05) is 20.8 Å². The van der Waals surface area contributed by atoms with Crippen LogP contribution in [0, 0.1) is 5.41 Å². The van der Waals surface area contributed by atoms with Crippen LogP contribution in [0.2, 0.25) is 0 Å². The molecule has 0 aliphatic carbocycles. The van der Waals surface area contributed by atoms with E-state index in [0.717, 1.165) is 12.5 Å². The van der Waals surface area contributed by atoms with Crippen molar-refractivity contribution < 1.29 is 17.6 Å².